The third-order valence-corrected chi connectivity index (χ3v) is 5.07. The van der Waals surface area contributed by atoms with Crippen LogP contribution in [0, 0.1) is 0 Å². The van der Waals surface area contributed by atoms with Crippen molar-refractivity contribution in [1.82, 2.24) is 25.7 Å². The van der Waals surface area contributed by atoms with Crippen molar-refractivity contribution in [2.24, 2.45) is 11.6 Å². The number of hydrogen-bond acceptors (Lipinski definition) is 13. The summed E-state index contributed by atoms with van der Waals surface area (Å²) in [5.74, 6) is 2.76. The number of anilines is 1. The van der Waals surface area contributed by atoms with Gasteiger partial charge in [0.05, 0.1) is 23.4 Å². The lowest BCUT2D eigenvalue weighted by Gasteiger charge is -2.32. The molecule has 188 valence electrons. The number of rotatable bonds is 12. The lowest BCUT2D eigenvalue weighted by atomic mass is 10.3. The van der Waals surface area contributed by atoms with Gasteiger partial charge in [0.1, 0.15) is 17.9 Å². The minimum Gasteiger partial charge on any atom is -0.394 e. The molecule has 0 aliphatic carbocycles. The molecule has 0 aliphatic rings. The first-order valence-corrected chi connectivity index (χ1v) is 9.80. The van der Waals surface area contributed by atoms with E-state index >= 15 is 0 Å². The van der Waals surface area contributed by atoms with Gasteiger partial charge in [0.25, 0.3) is 5.91 Å². The molecular weight excluding hydrogens is 493 g/mol. The molecule has 0 saturated carbocycles. The summed E-state index contributed by atoms with van der Waals surface area (Å²) in [5, 5.41) is 16.7. The van der Waals surface area contributed by atoms with Crippen LogP contribution in [0.5, 0.6) is 5.75 Å². The van der Waals surface area contributed by atoms with Crippen molar-refractivity contribution in [1.29, 1.82) is 0 Å². The van der Waals surface area contributed by atoms with Gasteiger partial charge < -0.3 is 21.1 Å². The Labute approximate surface area is 192 Å². The van der Waals surface area contributed by atoms with Gasteiger partial charge >= 0.3 is 0 Å². The third-order valence-electron chi connectivity index (χ3n) is 4.09. The Morgan fingerprint density at radius 2 is 1.91 bits per heavy atom. The number of aromatic nitrogens is 1. The van der Waals surface area contributed by atoms with Crippen LogP contribution in [0.25, 0.3) is 10.2 Å². The van der Waals surface area contributed by atoms with E-state index in [1.807, 2.05) is 0 Å². The average Bonchev–Trinajstić information content (AvgIpc) is 3.26. The molecular formula is C15H19F3N8O7S. The Morgan fingerprint density at radius 1 is 1.24 bits per heavy atom. The minimum atomic E-state index is -1.25. The molecule has 0 saturated heterocycles. The maximum atomic E-state index is 12.9. The Morgan fingerprint density at radius 3 is 2.50 bits per heavy atom. The van der Waals surface area contributed by atoms with Crippen LogP contribution in [-0.4, -0.2) is 76.0 Å². The zero-order valence-electron chi connectivity index (χ0n) is 17.3. The predicted octanol–water partition coefficient (Wildman–Crippen LogP) is -1.27. The van der Waals surface area contributed by atoms with Crippen molar-refractivity contribution in [2.75, 3.05) is 31.9 Å². The van der Waals surface area contributed by atoms with Crippen LogP contribution in [0.1, 0.15) is 0 Å². The number of aliphatic hydroxyl groups is 1. The monoisotopic (exact) mass is 512 g/mol. The normalized spacial score (nSPS) is 11.9. The van der Waals surface area contributed by atoms with Crippen molar-refractivity contribution in [3.8, 4) is 5.75 Å². The van der Waals surface area contributed by atoms with Gasteiger partial charge in [0, 0.05) is 17.6 Å². The second-order valence-corrected chi connectivity index (χ2v) is 7.37. The number of nitrogens with zero attached hydrogens (tertiary/aromatic N) is 5. The van der Waals surface area contributed by atoms with Crippen molar-refractivity contribution >= 4 is 44.4 Å². The molecule has 1 aromatic carbocycles. The highest BCUT2D eigenvalue weighted by Gasteiger charge is 2.33. The van der Waals surface area contributed by atoms with E-state index in [2.05, 4.69) is 25.3 Å². The molecule has 0 unspecified atom stereocenters. The van der Waals surface area contributed by atoms with Crippen molar-refractivity contribution < 1.29 is 48.1 Å². The second-order valence-electron chi connectivity index (χ2n) is 6.36. The van der Waals surface area contributed by atoms with E-state index in [-0.39, 0.29) is 31.3 Å². The number of nitrogens with two attached hydrogens (primary N) is 2. The van der Waals surface area contributed by atoms with E-state index in [1.165, 1.54) is 25.2 Å². The fourth-order valence-electron chi connectivity index (χ4n) is 2.32. The number of hydrogen-bond donors (Lipinski definition) is 4. The molecule has 0 spiro atoms. The first kappa shape index (κ1) is 26.9. The van der Waals surface area contributed by atoms with Crippen molar-refractivity contribution in [3.63, 3.8) is 0 Å². The van der Waals surface area contributed by atoms with Crippen LogP contribution < -0.4 is 27.0 Å². The maximum absolute atomic E-state index is 12.9. The highest BCUT2D eigenvalue weighted by molar-refractivity contribution is 7.22. The number of halogens is 3. The highest BCUT2D eigenvalue weighted by atomic mass is 32.1. The zero-order chi connectivity index (χ0) is 25.4. The van der Waals surface area contributed by atoms with Gasteiger partial charge in [-0.15, -0.1) is 5.12 Å². The number of thiazole rings is 1. The Hall–Kier alpha value is -3.33. The molecule has 1 aromatic heterocycles. The van der Waals surface area contributed by atoms with Crippen molar-refractivity contribution in [3.05, 3.63) is 18.2 Å². The summed E-state index contributed by atoms with van der Waals surface area (Å²) < 4.78 is 38.4. The molecule has 1 atom stereocenters. The fraction of sp³-hybridized carbons (Fsp3) is 0.333. The first-order valence-electron chi connectivity index (χ1n) is 8.99. The zero-order valence-corrected chi connectivity index (χ0v) is 18.1. The van der Waals surface area contributed by atoms with E-state index in [0.29, 0.717) is 11.3 Å². The van der Waals surface area contributed by atoms with Gasteiger partial charge in [0.2, 0.25) is 16.9 Å². The number of nitrogens with one attached hydrogen (secondary N) is 1. The topological polar surface area (TPSA) is 189 Å². The number of carbonyl (C=O) groups is 3. The first-order chi connectivity index (χ1) is 16.2. The van der Waals surface area contributed by atoms with Gasteiger partial charge in [-0.05, 0) is 31.3 Å². The molecule has 3 amide bonds. The standard InChI is InChI=1S/C15H19F3N8O7S/c1-23(12(28)5-21-14(30)9(19)7-27)6-13(29)24(20)25(26(32-17)33-18)15-22-10-3-2-8(31-16)4-11(10)34-15/h2-4,9,27H,5-7,19-20H2,1H3,(H,21,30)/t9-/m1/s1. The van der Waals surface area contributed by atoms with Gasteiger partial charge in [0.15, 0.2) is 5.75 Å². The smallest absolute Gasteiger partial charge is 0.276 e. The van der Waals surface area contributed by atoms with Crippen LogP contribution >= 0.6 is 11.3 Å². The Bertz CT molecular complexity index is 1010. The molecule has 0 bridgehead atoms. The Kier molecular flexibility index (Phi) is 9.68. The molecule has 0 fully saturated rings. The molecule has 0 radical (unpaired) electrons. The van der Waals surface area contributed by atoms with Crippen molar-refractivity contribution in [2.45, 2.75) is 6.04 Å². The molecule has 15 nitrogen and oxygen atoms in total. The average molecular weight is 512 g/mol. The largest absolute Gasteiger partial charge is 0.394 e. The summed E-state index contributed by atoms with van der Waals surface area (Å²) in [6.07, 6.45) is 0. The fourth-order valence-corrected chi connectivity index (χ4v) is 3.29. The number of amides is 3. The van der Waals surface area contributed by atoms with Crippen LogP contribution in [0.3, 0.4) is 0 Å². The molecule has 34 heavy (non-hydrogen) atoms. The number of hydrazine groups is 3. The number of likely N-dealkylation sites (N-methyl/N-ethyl adjacent to an activating group) is 1. The molecule has 1 heterocycles. The molecule has 2 aromatic rings. The van der Waals surface area contributed by atoms with Crippen LogP contribution in [-0.2, 0) is 24.5 Å². The van der Waals surface area contributed by atoms with E-state index in [0.717, 1.165) is 4.90 Å². The SMILES string of the molecule is CN(CC(=O)N(N)N(c1nc2ccc(OF)cc2s1)N(OF)OF)C(=O)CNC(=O)[C@H](N)CO. The lowest BCUT2D eigenvalue weighted by Crippen LogP contribution is -2.60. The second kappa shape index (κ2) is 12.2. The summed E-state index contributed by atoms with van der Waals surface area (Å²) in [6, 6.07) is 2.48. The Balaban J connectivity index is 2.17. The quantitative estimate of drug-likeness (QED) is 0.150. The summed E-state index contributed by atoms with van der Waals surface area (Å²) >= 11 is 0.680. The summed E-state index contributed by atoms with van der Waals surface area (Å²) in [6.45, 7) is -1.97. The molecule has 6 N–H and O–H groups in total. The van der Waals surface area contributed by atoms with E-state index in [1.54, 1.807) is 0 Å². The van der Waals surface area contributed by atoms with Gasteiger partial charge in [-0.2, -0.15) is 5.12 Å². The van der Waals surface area contributed by atoms with E-state index in [4.69, 9.17) is 16.7 Å². The van der Waals surface area contributed by atoms with E-state index < -0.39 is 48.8 Å². The maximum Gasteiger partial charge on any atom is 0.276 e. The molecule has 2 rings (SSSR count). The number of benzene rings is 1. The molecule has 0 aliphatic heterocycles. The van der Waals surface area contributed by atoms with Crippen LogP contribution in [0.4, 0.5) is 18.7 Å². The van der Waals surface area contributed by atoms with Crippen LogP contribution in [0.2, 0.25) is 0 Å². The minimum absolute atomic E-state index is 0.119. The number of carbonyl (C=O) groups excluding carboxylic acids is 3. The summed E-state index contributed by atoms with van der Waals surface area (Å²) in [5.41, 5.74) is 5.50. The highest BCUT2D eigenvalue weighted by Crippen LogP contribution is 2.33. The van der Waals surface area contributed by atoms with Gasteiger partial charge in [-0.1, -0.05) is 11.3 Å². The summed E-state index contributed by atoms with van der Waals surface area (Å²) in [7, 11) is 1.17. The lowest BCUT2D eigenvalue weighted by molar-refractivity contribution is -0.533. The number of aliphatic hydroxyl groups excluding tert-OH is 1. The van der Waals surface area contributed by atoms with Crippen LogP contribution in [0.15, 0.2) is 18.2 Å². The van der Waals surface area contributed by atoms with Gasteiger partial charge in [-0.3, -0.25) is 19.3 Å². The number of fused-ring (bicyclic) bond motifs is 1. The van der Waals surface area contributed by atoms with E-state index in [9.17, 15) is 28.0 Å². The predicted molar refractivity (Wildman–Crippen MR) is 107 cm³/mol. The summed E-state index contributed by atoms with van der Waals surface area (Å²) in [4.78, 5) is 44.6. The third kappa shape index (κ3) is 6.38. The van der Waals surface area contributed by atoms with Gasteiger partial charge in [-0.25, -0.2) is 10.8 Å². The molecule has 19 heteroatoms.